The predicted octanol–water partition coefficient (Wildman–Crippen LogP) is 8.77. The van der Waals surface area contributed by atoms with E-state index in [0.717, 1.165) is 35.1 Å². The first-order valence-electron chi connectivity index (χ1n) is 12.3. The van der Waals surface area contributed by atoms with Crippen LogP contribution in [0.3, 0.4) is 0 Å². The van der Waals surface area contributed by atoms with Crippen LogP contribution in [0.5, 0.6) is 0 Å². The smallest absolute Gasteiger partial charge is 0.185 e. The van der Waals surface area contributed by atoms with Crippen LogP contribution in [-0.4, -0.2) is 5.78 Å². The molecule has 33 heavy (non-hydrogen) atoms. The largest absolute Gasteiger partial charge is 0.289 e. The number of hydrogen-bond acceptors (Lipinski definition) is 1. The number of Topliss-reactive ketones (excluding diaryl/α,β-unsaturated/α-hetero) is 1. The van der Waals surface area contributed by atoms with Gasteiger partial charge in [-0.25, -0.2) is 0 Å². The number of allylic oxidation sites excluding steroid dienone is 2. The summed E-state index contributed by atoms with van der Waals surface area (Å²) in [4.78, 5) is 13.5. The van der Waals surface area contributed by atoms with Gasteiger partial charge in [-0.3, -0.25) is 4.79 Å². The van der Waals surface area contributed by atoms with Crippen LogP contribution in [0.4, 0.5) is 0 Å². The molecule has 1 heteroatoms. The molecule has 0 unspecified atom stereocenters. The third kappa shape index (κ3) is 6.34. The average Bonchev–Trinajstić information content (AvgIpc) is 2.69. The molecule has 0 saturated heterocycles. The van der Waals surface area contributed by atoms with E-state index in [0.29, 0.717) is 5.92 Å². The fourth-order valence-electron chi connectivity index (χ4n) is 4.42. The van der Waals surface area contributed by atoms with Gasteiger partial charge in [0.25, 0.3) is 0 Å². The first-order chi connectivity index (χ1) is 15.1. The molecule has 1 fully saturated rings. The number of rotatable bonds is 2. The van der Waals surface area contributed by atoms with Gasteiger partial charge in [-0.1, -0.05) is 111 Å². The van der Waals surface area contributed by atoms with Crippen LogP contribution in [0.25, 0.3) is 12.2 Å². The first kappa shape index (κ1) is 25.2. The summed E-state index contributed by atoms with van der Waals surface area (Å²) < 4.78 is 0. The fraction of sp³-hybridized carbons (Fsp3) is 0.469. The Hall–Kier alpha value is -2.41. The summed E-state index contributed by atoms with van der Waals surface area (Å²) in [5, 5.41) is 0. The lowest BCUT2D eigenvalue weighted by Gasteiger charge is -2.35. The number of ketones is 1. The second-order valence-electron chi connectivity index (χ2n) is 12.9. The average molecular weight is 443 g/mol. The molecule has 1 aliphatic rings. The van der Waals surface area contributed by atoms with Crippen molar-refractivity contribution in [2.75, 3.05) is 0 Å². The summed E-state index contributed by atoms with van der Waals surface area (Å²) in [6.45, 7) is 20.2. The molecule has 0 amide bonds. The third-order valence-corrected chi connectivity index (χ3v) is 6.98. The normalized spacial score (nSPS) is 20.5. The molecular weight excluding hydrogens is 400 g/mol. The summed E-state index contributed by atoms with van der Waals surface area (Å²) in [6, 6.07) is 17.4. The van der Waals surface area contributed by atoms with Crippen molar-refractivity contribution in [3.05, 3.63) is 81.9 Å². The maximum absolute atomic E-state index is 13.5. The standard InChI is InChI=1S/C32H42O/c1-30(2,3)26-14-10-22(11-15-26)18-24-20-28(32(7,8)9)21-25(29(24)33)19-23-12-16-27(17-13-23)31(4,5)6/h10-19,28H,20-21H2,1-9H3. The molecule has 0 heterocycles. The lowest BCUT2D eigenvalue weighted by atomic mass is 9.68. The van der Waals surface area contributed by atoms with Crippen LogP contribution < -0.4 is 0 Å². The number of carbonyl (C=O) groups is 1. The molecule has 1 aliphatic carbocycles. The maximum Gasteiger partial charge on any atom is 0.185 e. The quantitative estimate of drug-likeness (QED) is 0.425. The highest BCUT2D eigenvalue weighted by molar-refractivity contribution is 6.14. The van der Waals surface area contributed by atoms with Gasteiger partial charge < -0.3 is 0 Å². The highest BCUT2D eigenvalue weighted by Gasteiger charge is 2.34. The minimum atomic E-state index is 0.127. The molecule has 176 valence electrons. The number of benzene rings is 2. The topological polar surface area (TPSA) is 17.1 Å². The predicted molar refractivity (Wildman–Crippen MR) is 143 cm³/mol. The molecule has 2 aromatic carbocycles. The van der Waals surface area contributed by atoms with Gasteiger partial charge in [0, 0.05) is 11.1 Å². The summed E-state index contributed by atoms with van der Waals surface area (Å²) in [5.74, 6) is 0.644. The van der Waals surface area contributed by atoms with Crippen LogP contribution in [0.2, 0.25) is 0 Å². The van der Waals surface area contributed by atoms with Crippen LogP contribution in [0, 0.1) is 11.3 Å². The molecule has 0 aromatic heterocycles. The van der Waals surface area contributed by atoms with Gasteiger partial charge in [0.1, 0.15) is 0 Å². The van der Waals surface area contributed by atoms with Crippen molar-refractivity contribution in [3.63, 3.8) is 0 Å². The number of carbonyl (C=O) groups excluding carboxylic acids is 1. The second kappa shape index (κ2) is 9.09. The Morgan fingerprint density at radius 1 is 0.606 bits per heavy atom. The summed E-state index contributed by atoms with van der Waals surface area (Å²) >= 11 is 0. The molecule has 0 atom stereocenters. The molecule has 3 rings (SSSR count). The van der Waals surface area contributed by atoms with E-state index < -0.39 is 0 Å². The van der Waals surface area contributed by atoms with Gasteiger partial charge in [0.2, 0.25) is 0 Å². The highest BCUT2D eigenvalue weighted by atomic mass is 16.1. The van der Waals surface area contributed by atoms with Gasteiger partial charge in [-0.2, -0.15) is 0 Å². The second-order valence-corrected chi connectivity index (χ2v) is 12.9. The van der Waals surface area contributed by atoms with Crippen LogP contribution in [0.15, 0.2) is 59.7 Å². The zero-order valence-electron chi connectivity index (χ0n) is 22.2. The Bertz CT molecular complexity index is 960. The van der Waals surface area contributed by atoms with E-state index in [9.17, 15) is 4.79 Å². The van der Waals surface area contributed by atoms with Crippen molar-refractivity contribution < 1.29 is 4.79 Å². The Kier molecular flexibility index (Phi) is 6.94. The van der Waals surface area contributed by atoms with Crippen molar-refractivity contribution in [2.24, 2.45) is 11.3 Å². The van der Waals surface area contributed by atoms with Crippen molar-refractivity contribution in [3.8, 4) is 0 Å². The Labute approximate surface area is 202 Å². The van der Waals surface area contributed by atoms with Gasteiger partial charge in [-0.15, -0.1) is 0 Å². The van der Waals surface area contributed by atoms with E-state index in [2.05, 4.69) is 123 Å². The third-order valence-electron chi connectivity index (χ3n) is 6.98. The van der Waals surface area contributed by atoms with Crippen molar-refractivity contribution >= 4 is 17.9 Å². The zero-order valence-corrected chi connectivity index (χ0v) is 22.2. The van der Waals surface area contributed by atoms with Crippen LogP contribution >= 0.6 is 0 Å². The molecular formula is C32H42O. The lowest BCUT2D eigenvalue weighted by Crippen LogP contribution is -2.29. The van der Waals surface area contributed by atoms with Gasteiger partial charge in [-0.05, 0) is 69.4 Å². The molecule has 0 N–H and O–H groups in total. The summed E-state index contributed by atoms with van der Waals surface area (Å²) in [5.41, 5.74) is 7.10. The van der Waals surface area contributed by atoms with Crippen LogP contribution in [-0.2, 0) is 15.6 Å². The molecule has 1 nitrogen and oxygen atoms in total. The molecule has 0 bridgehead atoms. The van der Waals surface area contributed by atoms with Gasteiger partial charge >= 0.3 is 0 Å². The molecule has 0 spiro atoms. The lowest BCUT2D eigenvalue weighted by molar-refractivity contribution is -0.113. The van der Waals surface area contributed by atoms with E-state index in [1.807, 2.05) is 0 Å². The summed E-state index contributed by atoms with van der Waals surface area (Å²) in [7, 11) is 0. The van der Waals surface area contributed by atoms with E-state index in [1.54, 1.807) is 0 Å². The van der Waals surface area contributed by atoms with E-state index in [1.165, 1.54) is 11.1 Å². The number of hydrogen-bond donors (Lipinski definition) is 0. The Morgan fingerprint density at radius 2 is 0.939 bits per heavy atom. The molecule has 0 aliphatic heterocycles. The molecule has 1 saturated carbocycles. The monoisotopic (exact) mass is 442 g/mol. The van der Waals surface area contributed by atoms with Crippen LogP contribution in [0.1, 0.15) is 97.4 Å². The summed E-state index contributed by atoms with van der Waals surface area (Å²) in [6.07, 6.45) is 5.90. The Morgan fingerprint density at radius 3 is 1.21 bits per heavy atom. The van der Waals surface area contributed by atoms with E-state index >= 15 is 0 Å². The minimum absolute atomic E-state index is 0.127. The SMILES string of the molecule is CC(C)(C)c1ccc(C=C2CC(C(C)(C)C)CC(=Cc3ccc(C(C)(C)C)cc3)C2=O)cc1. The van der Waals surface area contributed by atoms with Crippen molar-refractivity contribution in [2.45, 2.75) is 86.0 Å². The van der Waals surface area contributed by atoms with Gasteiger partial charge in [0.05, 0.1) is 0 Å². The van der Waals surface area contributed by atoms with Gasteiger partial charge in [0.15, 0.2) is 5.78 Å². The Balaban J connectivity index is 1.96. The fourth-order valence-corrected chi connectivity index (χ4v) is 4.42. The zero-order chi connectivity index (χ0) is 24.6. The maximum atomic E-state index is 13.5. The van der Waals surface area contributed by atoms with Crippen molar-refractivity contribution in [1.29, 1.82) is 0 Å². The minimum Gasteiger partial charge on any atom is -0.289 e. The molecule has 2 aromatic rings. The van der Waals surface area contributed by atoms with Crippen molar-refractivity contribution in [1.82, 2.24) is 0 Å². The van der Waals surface area contributed by atoms with E-state index in [-0.39, 0.29) is 22.0 Å². The molecule has 0 radical (unpaired) electrons. The first-order valence-corrected chi connectivity index (χ1v) is 12.3. The highest BCUT2D eigenvalue weighted by Crippen LogP contribution is 2.42. The van der Waals surface area contributed by atoms with E-state index in [4.69, 9.17) is 0 Å².